The molecule has 0 atom stereocenters. The van der Waals surface area contributed by atoms with Gasteiger partial charge in [-0.25, -0.2) is 29.9 Å². The molecular formula is C108H69N9O. The van der Waals surface area contributed by atoms with Gasteiger partial charge in [-0.15, -0.1) is 0 Å². The number of aromatic nitrogens is 9. The van der Waals surface area contributed by atoms with Crippen LogP contribution in [0.2, 0.25) is 0 Å². The normalized spacial score (nSPS) is 11.6. The van der Waals surface area contributed by atoms with Gasteiger partial charge in [0.15, 0.2) is 34.9 Å². The van der Waals surface area contributed by atoms with Crippen LogP contribution < -0.4 is 0 Å². The molecule has 17 aromatic carbocycles. The SMILES string of the molecule is c1ccc(-c2ccc3c(c2)c2c(-c4cccc(-c5nc(-c6ccccc6)nc(-c6ccccc6)n5)c4)cccc2n3-c2ccc3oc4ccccc4c3c2)cc1.c1ccc(-c2nc(-c3ccccc3)nc(-c3cccc(-c4cccc5c4c4cc(-c6cccc7c8ccccc8n(-c8ccccc8)c67)ccc4n5-c4ccccc4)c3)n2)cc1. The summed E-state index contributed by atoms with van der Waals surface area (Å²) in [4.78, 5) is 30.1. The third-order valence-electron chi connectivity index (χ3n) is 22.6. The summed E-state index contributed by atoms with van der Waals surface area (Å²) in [6.07, 6.45) is 0. The van der Waals surface area contributed by atoms with E-state index in [1.165, 1.54) is 60.0 Å². The minimum atomic E-state index is 0.626. The molecule has 10 heteroatoms. The van der Waals surface area contributed by atoms with Crippen molar-refractivity contribution in [2.75, 3.05) is 0 Å². The van der Waals surface area contributed by atoms with Gasteiger partial charge in [-0.2, -0.15) is 0 Å². The Morgan fingerprint density at radius 1 is 0.169 bits per heavy atom. The molecule has 0 radical (unpaired) electrons. The summed E-state index contributed by atoms with van der Waals surface area (Å²) in [5, 5.41) is 9.40. The summed E-state index contributed by atoms with van der Waals surface area (Å²) < 4.78 is 13.4. The van der Waals surface area contributed by atoms with Crippen LogP contribution in [0.25, 0.3) is 217 Å². The highest BCUT2D eigenvalue weighted by molar-refractivity contribution is 6.20. The molecule has 6 aromatic heterocycles. The van der Waals surface area contributed by atoms with Crippen LogP contribution in [-0.4, -0.2) is 43.6 Å². The van der Waals surface area contributed by atoms with Crippen molar-refractivity contribution in [2.24, 2.45) is 0 Å². The third-order valence-corrected chi connectivity index (χ3v) is 22.6. The van der Waals surface area contributed by atoms with Gasteiger partial charge in [0, 0.05) is 99.1 Å². The fraction of sp³-hybridized carbons (Fsp3) is 0. The molecule has 10 nitrogen and oxygen atoms in total. The maximum Gasteiger partial charge on any atom is 0.164 e. The van der Waals surface area contributed by atoms with Crippen LogP contribution in [-0.2, 0) is 0 Å². The lowest BCUT2D eigenvalue weighted by molar-refractivity contribution is 0.669. The van der Waals surface area contributed by atoms with Crippen molar-refractivity contribution < 1.29 is 4.42 Å². The second kappa shape index (κ2) is 29.2. The quantitative estimate of drug-likeness (QED) is 0.113. The van der Waals surface area contributed by atoms with Gasteiger partial charge in [0.2, 0.25) is 0 Å². The van der Waals surface area contributed by atoms with Gasteiger partial charge in [-0.1, -0.05) is 315 Å². The van der Waals surface area contributed by atoms with E-state index in [0.29, 0.717) is 34.9 Å². The number of benzene rings is 17. The van der Waals surface area contributed by atoms with Crippen LogP contribution in [0, 0.1) is 0 Å². The standard InChI is InChI=1S/C57H37N5.C51H32N4O/c1-5-18-38(19-6-1)55-58-56(39-20-7-2-8-21-39)60-57(59-55)42-23-15-22-40(36-42)45-29-17-33-52-53(45)49-37-41(34-35-51(49)61(52)43-24-9-3-10-25-43)46-30-16-31-48-47-28-13-14-32-50(47)62(54(46)48)44-26-11-4-12-27-44;1-4-14-33(15-5-1)36-26-28-44-43(31-36)48-40(23-13-24-45(48)55(44)39-27-29-47-42(32-39)41-22-10-11-25-46(41)56-47)37-20-12-21-38(30-37)51-53-49(34-16-6-2-7-17-34)52-50(54-51)35-18-8-3-9-19-35/h1-37H;1-32H. The van der Waals surface area contributed by atoms with E-state index in [2.05, 4.69) is 299 Å². The first-order chi connectivity index (χ1) is 58.5. The molecule has 23 rings (SSSR count). The summed E-state index contributed by atoms with van der Waals surface area (Å²) in [7, 11) is 0. The molecule has 0 saturated carbocycles. The predicted octanol–water partition coefficient (Wildman–Crippen LogP) is 27.6. The first-order valence-electron chi connectivity index (χ1n) is 39.7. The van der Waals surface area contributed by atoms with Crippen LogP contribution in [0.15, 0.2) is 423 Å². The number of fused-ring (bicyclic) bond motifs is 12. The molecule has 6 heterocycles. The molecule has 0 saturated heterocycles. The predicted molar refractivity (Wildman–Crippen MR) is 484 cm³/mol. The zero-order chi connectivity index (χ0) is 78.0. The summed E-state index contributed by atoms with van der Waals surface area (Å²) >= 11 is 0. The topological polar surface area (TPSA) is 105 Å². The van der Waals surface area contributed by atoms with Crippen LogP contribution >= 0.6 is 0 Å². The van der Waals surface area contributed by atoms with E-state index in [9.17, 15) is 0 Å². The summed E-state index contributed by atoms with van der Waals surface area (Å²) in [6.45, 7) is 0. The Morgan fingerprint density at radius 3 is 1.03 bits per heavy atom. The molecule has 0 aliphatic heterocycles. The van der Waals surface area contributed by atoms with Gasteiger partial charge >= 0.3 is 0 Å². The lowest BCUT2D eigenvalue weighted by atomic mass is 9.95. The molecular weight excluding hydrogens is 1440 g/mol. The van der Waals surface area contributed by atoms with Gasteiger partial charge < -0.3 is 18.1 Å². The molecule has 0 unspecified atom stereocenters. The van der Waals surface area contributed by atoms with Crippen molar-refractivity contribution in [3.63, 3.8) is 0 Å². The molecule has 552 valence electrons. The number of hydrogen-bond acceptors (Lipinski definition) is 7. The molecule has 118 heavy (non-hydrogen) atoms. The molecule has 23 aromatic rings. The zero-order valence-electron chi connectivity index (χ0n) is 63.8. The van der Waals surface area contributed by atoms with Gasteiger partial charge in [0.1, 0.15) is 11.2 Å². The van der Waals surface area contributed by atoms with E-state index in [0.717, 1.165) is 122 Å². The van der Waals surface area contributed by atoms with Crippen LogP contribution in [0.5, 0.6) is 0 Å². The fourth-order valence-electron chi connectivity index (χ4n) is 17.2. The Labute approximate surface area is 679 Å². The fourth-order valence-corrected chi connectivity index (χ4v) is 17.2. The van der Waals surface area contributed by atoms with Crippen molar-refractivity contribution in [3.8, 4) is 130 Å². The maximum atomic E-state index is 6.23. The Bertz CT molecular complexity index is 7660. The first kappa shape index (κ1) is 68.7. The minimum absolute atomic E-state index is 0.626. The van der Waals surface area contributed by atoms with E-state index in [-0.39, 0.29) is 0 Å². The largest absolute Gasteiger partial charge is 0.456 e. The van der Waals surface area contributed by atoms with E-state index in [1.54, 1.807) is 0 Å². The number of hydrogen-bond donors (Lipinski definition) is 0. The van der Waals surface area contributed by atoms with Gasteiger partial charge in [0.05, 0.1) is 33.1 Å². The van der Waals surface area contributed by atoms with Gasteiger partial charge in [-0.05, 0) is 142 Å². The maximum absolute atomic E-state index is 6.23. The van der Waals surface area contributed by atoms with Crippen molar-refractivity contribution in [2.45, 2.75) is 0 Å². The Morgan fingerprint density at radius 2 is 0.508 bits per heavy atom. The third kappa shape index (κ3) is 12.2. The highest BCUT2D eigenvalue weighted by atomic mass is 16.3. The molecule has 0 aliphatic rings. The number of rotatable bonds is 13. The van der Waals surface area contributed by atoms with Crippen molar-refractivity contribution in [3.05, 3.63) is 419 Å². The summed E-state index contributed by atoms with van der Waals surface area (Å²) in [5.41, 5.74) is 26.8. The summed E-state index contributed by atoms with van der Waals surface area (Å²) in [5.74, 6) is 3.81. The molecule has 0 amide bonds. The zero-order valence-corrected chi connectivity index (χ0v) is 63.8. The average Bonchev–Trinajstić information content (AvgIpc) is 1.57. The average molecular weight is 1510 g/mol. The molecule has 0 spiro atoms. The lowest BCUT2D eigenvalue weighted by Gasteiger charge is -2.12. The number of furan rings is 1. The Hall–Kier alpha value is -16.0. The number of nitrogens with zero attached hydrogens (tertiary/aromatic N) is 9. The highest BCUT2D eigenvalue weighted by Gasteiger charge is 2.25. The first-order valence-corrected chi connectivity index (χ1v) is 39.7. The van der Waals surface area contributed by atoms with Crippen LogP contribution in [0.3, 0.4) is 0 Å². The Kier molecular flexibility index (Phi) is 17.0. The van der Waals surface area contributed by atoms with Crippen LogP contribution in [0.4, 0.5) is 0 Å². The van der Waals surface area contributed by atoms with Crippen LogP contribution in [0.1, 0.15) is 0 Å². The summed E-state index contributed by atoms with van der Waals surface area (Å²) in [6, 6.07) is 147. The Balaban J connectivity index is 0.000000143. The molecule has 0 aliphatic carbocycles. The van der Waals surface area contributed by atoms with Crippen molar-refractivity contribution in [1.82, 2.24) is 43.6 Å². The second-order valence-corrected chi connectivity index (χ2v) is 29.6. The molecule has 0 fully saturated rings. The van der Waals surface area contributed by atoms with Crippen molar-refractivity contribution >= 4 is 87.4 Å². The number of para-hydroxylation sites is 5. The van der Waals surface area contributed by atoms with E-state index < -0.39 is 0 Å². The lowest BCUT2D eigenvalue weighted by Crippen LogP contribution is -2.00. The van der Waals surface area contributed by atoms with E-state index in [4.69, 9.17) is 34.3 Å². The van der Waals surface area contributed by atoms with Gasteiger partial charge in [-0.3, -0.25) is 0 Å². The minimum Gasteiger partial charge on any atom is -0.456 e. The smallest absolute Gasteiger partial charge is 0.164 e. The van der Waals surface area contributed by atoms with E-state index >= 15 is 0 Å². The van der Waals surface area contributed by atoms with Gasteiger partial charge in [0.25, 0.3) is 0 Å². The molecule has 0 bridgehead atoms. The highest BCUT2D eigenvalue weighted by Crippen LogP contribution is 2.46. The second-order valence-electron chi connectivity index (χ2n) is 29.6. The van der Waals surface area contributed by atoms with Crippen molar-refractivity contribution in [1.29, 1.82) is 0 Å². The van der Waals surface area contributed by atoms with E-state index in [1.807, 2.05) is 133 Å². The molecule has 0 N–H and O–H groups in total. The monoisotopic (exact) mass is 1510 g/mol.